The summed E-state index contributed by atoms with van der Waals surface area (Å²) in [6, 6.07) is 13.2. The van der Waals surface area contributed by atoms with Gasteiger partial charge in [-0.3, -0.25) is 4.79 Å². The van der Waals surface area contributed by atoms with Gasteiger partial charge in [-0.05, 0) is 43.4 Å². The lowest BCUT2D eigenvalue weighted by Gasteiger charge is -2.33. The first-order chi connectivity index (χ1) is 17.5. The van der Waals surface area contributed by atoms with E-state index >= 15 is 0 Å². The van der Waals surface area contributed by atoms with E-state index in [1.807, 2.05) is 42.2 Å². The van der Waals surface area contributed by atoms with E-state index in [1.165, 1.54) is 12.5 Å². The number of piperidine rings is 1. The molecule has 3 aromatic rings. The fourth-order valence-corrected chi connectivity index (χ4v) is 4.99. The average Bonchev–Trinajstić information content (AvgIpc) is 2.92. The molecule has 1 amide bonds. The summed E-state index contributed by atoms with van der Waals surface area (Å²) in [7, 11) is 0. The fraction of sp³-hybridized carbons (Fsp3) is 0.393. The van der Waals surface area contributed by atoms with Crippen LogP contribution in [0.3, 0.4) is 0 Å². The molecule has 188 valence electrons. The molecule has 0 unspecified atom stereocenters. The number of rotatable bonds is 6. The highest BCUT2D eigenvalue weighted by atomic mass is 19.2. The van der Waals surface area contributed by atoms with Crippen molar-refractivity contribution < 1.29 is 18.3 Å². The molecule has 2 aliphatic heterocycles. The largest absolute Gasteiger partial charge is 0.438 e. The highest BCUT2D eigenvalue weighted by Gasteiger charge is 2.31. The molecule has 1 saturated heterocycles. The first-order valence-corrected chi connectivity index (χ1v) is 12.6. The molecule has 0 saturated carbocycles. The van der Waals surface area contributed by atoms with Crippen molar-refractivity contribution in [2.24, 2.45) is 0 Å². The van der Waals surface area contributed by atoms with Gasteiger partial charge in [0.05, 0.1) is 23.7 Å². The van der Waals surface area contributed by atoms with Crippen LogP contribution in [0.4, 0.5) is 14.7 Å². The number of nitrogens with zero attached hydrogens (tertiary/aromatic N) is 4. The van der Waals surface area contributed by atoms with Crippen molar-refractivity contribution in [1.82, 2.24) is 14.9 Å². The van der Waals surface area contributed by atoms with Gasteiger partial charge in [-0.2, -0.15) is 4.98 Å². The van der Waals surface area contributed by atoms with Gasteiger partial charge in [0, 0.05) is 32.1 Å². The Morgan fingerprint density at radius 3 is 2.50 bits per heavy atom. The summed E-state index contributed by atoms with van der Waals surface area (Å²) in [6.45, 7) is 4.60. The second kappa shape index (κ2) is 10.6. The molecule has 36 heavy (non-hydrogen) atoms. The van der Waals surface area contributed by atoms with Gasteiger partial charge in [-0.25, -0.2) is 13.8 Å². The van der Waals surface area contributed by atoms with Crippen LogP contribution < -0.4 is 9.64 Å². The number of anilines is 1. The van der Waals surface area contributed by atoms with Gasteiger partial charge in [-0.15, -0.1) is 0 Å². The number of carbonyl (C=O) groups excluding carboxylic acids is 1. The van der Waals surface area contributed by atoms with Crippen LogP contribution in [-0.2, 0) is 17.8 Å². The molecule has 2 aliphatic rings. The maximum Gasteiger partial charge on any atom is 0.230 e. The zero-order valence-corrected chi connectivity index (χ0v) is 20.4. The van der Waals surface area contributed by atoms with Gasteiger partial charge in [-0.1, -0.05) is 37.3 Å². The lowest BCUT2D eigenvalue weighted by atomic mass is 9.94. The van der Waals surface area contributed by atoms with Gasteiger partial charge in [0.2, 0.25) is 17.7 Å². The van der Waals surface area contributed by atoms with Crippen molar-refractivity contribution in [3.05, 3.63) is 77.0 Å². The number of hydrogen-bond donors (Lipinski definition) is 0. The van der Waals surface area contributed by atoms with E-state index in [0.717, 1.165) is 49.3 Å². The molecule has 0 bridgehead atoms. The number of ether oxygens (including phenoxy) is 1. The summed E-state index contributed by atoms with van der Waals surface area (Å²) in [5.74, 6) is -1.09. The summed E-state index contributed by atoms with van der Waals surface area (Å²) >= 11 is 0. The molecule has 0 radical (unpaired) electrons. The first-order valence-electron chi connectivity index (χ1n) is 12.6. The second-order valence-corrected chi connectivity index (χ2v) is 9.36. The third-order valence-corrected chi connectivity index (χ3v) is 6.97. The van der Waals surface area contributed by atoms with Crippen molar-refractivity contribution >= 4 is 11.9 Å². The molecule has 0 spiro atoms. The van der Waals surface area contributed by atoms with E-state index in [4.69, 9.17) is 14.7 Å². The highest BCUT2D eigenvalue weighted by molar-refractivity contribution is 5.84. The molecule has 1 atom stereocenters. The van der Waals surface area contributed by atoms with Crippen LogP contribution >= 0.6 is 0 Å². The summed E-state index contributed by atoms with van der Waals surface area (Å²) < 4.78 is 33.4. The van der Waals surface area contributed by atoms with E-state index in [1.54, 1.807) is 0 Å². The Bertz CT molecular complexity index is 1230. The summed E-state index contributed by atoms with van der Waals surface area (Å²) in [5, 5.41) is 0. The summed E-state index contributed by atoms with van der Waals surface area (Å²) in [5.41, 5.74) is 2.54. The molecular weight excluding hydrogens is 462 g/mol. The van der Waals surface area contributed by atoms with Crippen molar-refractivity contribution in [3.63, 3.8) is 0 Å². The van der Waals surface area contributed by atoms with Crippen LogP contribution in [0.2, 0.25) is 0 Å². The Morgan fingerprint density at radius 1 is 1.00 bits per heavy atom. The van der Waals surface area contributed by atoms with Gasteiger partial charge in [0.15, 0.2) is 11.6 Å². The van der Waals surface area contributed by atoms with Crippen LogP contribution in [0.25, 0.3) is 0 Å². The predicted molar refractivity (Wildman–Crippen MR) is 133 cm³/mol. The quantitative estimate of drug-likeness (QED) is 0.447. The monoisotopic (exact) mass is 492 g/mol. The number of aromatic nitrogens is 2. The van der Waals surface area contributed by atoms with E-state index < -0.39 is 11.6 Å². The van der Waals surface area contributed by atoms with Crippen LogP contribution in [0.15, 0.2) is 48.5 Å². The van der Waals surface area contributed by atoms with Gasteiger partial charge in [0.1, 0.15) is 5.75 Å². The fourth-order valence-electron chi connectivity index (χ4n) is 4.99. The Kier molecular flexibility index (Phi) is 7.11. The number of halogens is 2. The molecule has 0 aliphatic carbocycles. The zero-order valence-electron chi connectivity index (χ0n) is 20.4. The van der Waals surface area contributed by atoms with E-state index in [2.05, 4.69) is 4.90 Å². The standard InChI is InChI=1S/C28H30F2N4O2/c1-2-21(19-9-5-3-6-10-19)27(35)34-16-13-25-22(18-34)26(36-20-11-12-23(29)24(30)17-20)32-28(31-25)33-14-7-4-8-15-33/h3,5-6,9-12,17,21H,2,4,7-8,13-16,18H2,1H3/t21-/m0/s1. The normalized spacial score (nSPS) is 16.4. The minimum absolute atomic E-state index is 0.0493. The van der Waals surface area contributed by atoms with Crippen molar-refractivity contribution in [2.75, 3.05) is 24.5 Å². The maximum absolute atomic E-state index is 13.9. The van der Waals surface area contributed by atoms with Crippen LogP contribution in [0, 0.1) is 11.6 Å². The summed E-state index contributed by atoms with van der Waals surface area (Å²) in [6.07, 6.45) is 4.58. The Labute approximate surface area is 209 Å². The van der Waals surface area contributed by atoms with E-state index in [9.17, 15) is 13.6 Å². The minimum atomic E-state index is -0.989. The molecule has 2 aromatic carbocycles. The SMILES string of the molecule is CC[C@H](C(=O)N1CCc2nc(N3CCCCC3)nc(Oc3ccc(F)c(F)c3)c2C1)c1ccccc1. The second-order valence-electron chi connectivity index (χ2n) is 9.36. The lowest BCUT2D eigenvalue weighted by Crippen LogP contribution is -2.40. The molecule has 8 heteroatoms. The van der Waals surface area contributed by atoms with Gasteiger partial charge < -0.3 is 14.5 Å². The third kappa shape index (κ3) is 5.03. The van der Waals surface area contributed by atoms with Crippen LogP contribution in [0.1, 0.15) is 55.3 Å². The predicted octanol–water partition coefficient (Wildman–Crippen LogP) is 5.62. The van der Waals surface area contributed by atoms with Crippen LogP contribution in [0.5, 0.6) is 11.6 Å². The van der Waals surface area contributed by atoms with Gasteiger partial charge in [0.25, 0.3) is 0 Å². The number of carbonyl (C=O) groups is 1. The lowest BCUT2D eigenvalue weighted by molar-refractivity contribution is -0.133. The first kappa shape index (κ1) is 24.2. The topological polar surface area (TPSA) is 58.6 Å². The number of fused-ring (bicyclic) bond motifs is 1. The smallest absolute Gasteiger partial charge is 0.230 e. The maximum atomic E-state index is 13.9. The number of amides is 1. The van der Waals surface area contributed by atoms with Crippen molar-refractivity contribution in [3.8, 4) is 11.6 Å². The Morgan fingerprint density at radius 2 is 1.78 bits per heavy atom. The molecule has 3 heterocycles. The van der Waals surface area contributed by atoms with Gasteiger partial charge >= 0.3 is 0 Å². The number of hydrogen-bond acceptors (Lipinski definition) is 5. The average molecular weight is 493 g/mol. The minimum Gasteiger partial charge on any atom is -0.438 e. The molecule has 0 N–H and O–H groups in total. The molecule has 1 fully saturated rings. The molecule has 6 nitrogen and oxygen atoms in total. The van der Waals surface area contributed by atoms with Crippen LogP contribution in [-0.4, -0.2) is 40.4 Å². The zero-order chi connectivity index (χ0) is 25.1. The van der Waals surface area contributed by atoms with Crippen molar-refractivity contribution in [2.45, 2.75) is 51.5 Å². The Hall–Kier alpha value is -3.55. The summed E-state index contributed by atoms with van der Waals surface area (Å²) in [4.78, 5) is 27.1. The van der Waals surface area contributed by atoms with E-state index in [0.29, 0.717) is 37.4 Å². The third-order valence-electron chi connectivity index (χ3n) is 6.97. The highest BCUT2D eigenvalue weighted by Crippen LogP contribution is 2.34. The van der Waals surface area contributed by atoms with Crippen molar-refractivity contribution in [1.29, 1.82) is 0 Å². The molecule has 5 rings (SSSR count). The molecular formula is C28H30F2N4O2. The Balaban J connectivity index is 1.47. The molecule has 1 aromatic heterocycles. The van der Waals surface area contributed by atoms with E-state index in [-0.39, 0.29) is 23.5 Å². The number of benzene rings is 2.